The largest absolute Gasteiger partial charge is 0.495 e. The van der Waals surface area contributed by atoms with E-state index < -0.39 is 5.60 Å². The van der Waals surface area contributed by atoms with Crippen molar-refractivity contribution in [1.82, 2.24) is 5.32 Å². The predicted molar refractivity (Wildman–Crippen MR) is 54.9 cm³/mol. The molecule has 3 heteroatoms. The summed E-state index contributed by atoms with van der Waals surface area (Å²) in [5.74, 6) is 1.05. The fourth-order valence-corrected chi connectivity index (χ4v) is 2.24. The fourth-order valence-electron chi connectivity index (χ4n) is 2.24. The second kappa shape index (κ2) is 3.91. The van der Waals surface area contributed by atoms with Crippen LogP contribution in [0.4, 0.5) is 0 Å². The number of hydrogen-bond donors (Lipinski definition) is 2. The normalized spacial score (nSPS) is 38.7. The van der Waals surface area contributed by atoms with Gasteiger partial charge >= 0.3 is 0 Å². The van der Waals surface area contributed by atoms with Crippen LogP contribution in [0.5, 0.6) is 0 Å². The number of piperidine rings is 1. The van der Waals surface area contributed by atoms with E-state index in [1.165, 1.54) is 0 Å². The van der Waals surface area contributed by atoms with Crippen molar-refractivity contribution >= 4 is 0 Å². The Balaban J connectivity index is 2.15. The zero-order chi connectivity index (χ0) is 10.0. The Hall–Kier alpha value is -0.540. The van der Waals surface area contributed by atoms with Crippen molar-refractivity contribution in [2.75, 3.05) is 19.7 Å². The molecule has 1 fully saturated rings. The van der Waals surface area contributed by atoms with Gasteiger partial charge in [0.1, 0.15) is 11.4 Å². The maximum absolute atomic E-state index is 10.5. The molecule has 14 heavy (non-hydrogen) atoms. The lowest BCUT2D eigenvalue weighted by atomic mass is 9.80. The molecule has 2 N–H and O–H groups in total. The van der Waals surface area contributed by atoms with Crippen LogP contribution in [0.3, 0.4) is 0 Å². The first-order valence-corrected chi connectivity index (χ1v) is 5.50. The minimum atomic E-state index is -0.717. The Labute approximate surface area is 85.1 Å². The molecule has 2 atom stereocenters. The molecule has 0 aromatic heterocycles. The molecule has 2 aliphatic heterocycles. The Morgan fingerprint density at radius 1 is 1.64 bits per heavy atom. The predicted octanol–water partition coefficient (Wildman–Crippen LogP) is 1.04. The summed E-state index contributed by atoms with van der Waals surface area (Å²) in [5, 5.41) is 13.8. The molecule has 0 radical (unpaired) electrons. The van der Waals surface area contributed by atoms with E-state index in [0.29, 0.717) is 0 Å². The minimum absolute atomic E-state index is 0.237. The first-order valence-electron chi connectivity index (χ1n) is 5.50. The van der Waals surface area contributed by atoms with Crippen LogP contribution in [-0.2, 0) is 4.74 Å². The highest BCUT2D eigenvalue weighted by molar-refractivity contribution is 5.15. The summed E-state index contributed by atoms with van der Waals surface area (Å²) in [4.78, 5) is 0. The van der Waals surface area contributed by atoms with Crippen LogP contribution in [0, 0.1) is 5.92 Å². The fraction of sp³-hybridized carbons (Fsp3) is 0.818. The summed E-state index contributed by atoms with van der Waals surface area (Å²) in [6.45, 7) is 4.58. The zero-order valence-electron chi connectivity index (χ0n) is 8.75. The van der Waals surface area contributed by atoms with Gasteiger partial charge in [0, 0.05) is 12.5 Å². The standard InChI is InChI=1S/C11H19NO2/c1-9-8-12-6-5-11(9,13)10-4-2-3-7-14-10/h4,9,12-13H,2-3,5-8H2,1H3. The summed E-state index contributed by atoms with van der Waals surface area (Å²) in [5.41, 5.74) is -0.717. The molecule has 0 aliphatic carbocycles. The quantitative estimate of drug-likeness (QED) is 0.660. The molecule has 0 bridgehead atoms. The van der Waals surface area contributed by atoms with Gasteiger partial charge in [-0.2, -0.15) is 0 Å². The average molecular weight is 197 g/mol. The highest BCUT2D eigenvalue weighted by atomic mass is 16.5. The Morgan fingerprint density at radius 2 is 2.50 bits per heavy atom. The number of nitrogens with one attached hydrogen (secondary N) is 1. The highest BCUT2D eigenvalue weighted by Crippen LogP contribution is 2.34. The van der Waals surface area contributed by atoms with E-state index in [0.717, 1.165) is 44.7 Å². The maximum atomic E-state index is 10.5. The summed E-state index contributed by atoms with van der Waals surface area (Å²) in [6, 6.07) is 0. The zero-order valence-corrected chi connectivity index (χ0v) is 8.75. The monoisotopic (exact) mass is 197 g/mol. The number of hydrogen-bond acceptors (Lipinski definition) is 3. The van der Waals surface area contributed by atoms with Gasteiger partial charge in [-0.1, -0.05) is 6.92 Å². The summed E-state index contributed by atoms with van der Waals surface area (Å²) >= 11 is 0. The van der Waals surface area contributed by atoms with Crippen LogP contribution in [0.2, 0.25) is 0 Å². The molecular formula is C11H19NO2. The van der Waals surface area contributed by atoms with Crippen molar-refractivity contribution in [3.05, 3.63) is 11.8 Å². The summed E-state index contributed by atoms with van der Waals surface area (Å²) in [7, 11) is 0. The highest BCUT2D eigenvalue weighted by Gasteiger charge is 2.41. The number of ether oxygens (including phenoxy) is 1. The van der Waals surface area contributed by atoms with E-state index in [1.807, 2.05) is 0 Å². The molecule has 0 aromatic rings. The lowest BCUT2D eigenvalue weighted by Gasteiger charge is -2.40. The Morgan fingerprint density at radius 3 is 3.14 bits per heavy atom. The minimum Gasteiger partial charge on any atom is -0.495 e. The topological polar surface area (TPSA) is 41.5 Å². The van der Waals surface area contributed by atoms with Crippen molar-refractivity contribution < 1.29 is 9.84 Å². The molecule has 2 rings (SSSR count). The van der Waals surface area contributed by atoms with Gasteiger partial charge < -0.3 is 15.2 Å². The smallest absolute Gasteiger partial charge is 0.126 e. The second-order valence-electron chi connectivity index (χ2n) is 4.34. The van der Waals surface area contributed by atoms with Crippen LogP contribution in [0.25, 0.3) is 0 Å². The third-order valence-corrected chi connectivity index (χ3v) is 3.31. The van der Waals surface area contributed by atoms with Crippen LogP contribution in [0.15, 0.2) is 11.8 Å². The summed E-state index contributed by atoms with van der Waals surface area (Å²) in [6.07, 6.45) is 4.94. The number of rotatable bonds is 1. The van der Waals surface area contributed by atoms with E-state index in [4.69, 9.17) is 4.74 Å². The molecule has 2 heterocycles. The molecule has 80 valence electrons. The van der Waals surface area contributed by atoms with Crippen molar-refractivity contribution in [1.29, 1.82) is 0 Å². The lowest BCUT2D eigenvalue weighted by molar-refractivity contribution is -0.0515. The molecule has 1 saturated heterocycles. The maximum Gasteiger partial charge on any atom is 0.126 e. The van der Waals surface area contributed by atoms with Crippen LogP contribution < -0.4 is 5.32 Å². The Bertz CT molecular complexity index is 239. The summed E-state index contributed by atoms with van der Waals surface area (Å²) < 4.78 is 5.57. The van der Waals surface area contributed by atoms with Crippen molar-refractivity contribution in [2.24, 2.45) is 5.92 Å². The van der Waals surface area contributed by atoms with E-state index in [1.54, 1.807) is 0 Å². The van der Waals surface area contributed by atoms with Crippen molar-refractivity contribution in [3.8, 4) is 0 Å². The third-order valence-electron chi connectivity index (χ3n) is 3.31. The van der Waals surface area contributed by atoms with Gasteiger partial charge in [0.2, 0.25) is 0 Å². The first-order chi connectivity index (χ1) is 6.73. The average Bonchev–Trinajstić information content (AvgIpc) is 2.24. The second-order valence-corrected chi connectivity index (χ2v) is 4.34. The SMILES string of the molecule is CC1CNCCC1(O)C1=CCCCO1. The number of allylic oxidation sites excluding steroid dienone is 1. The van der Waals surface area contributed by atoms with E-state index in [9.17, 15) is 5.11 Å². The number of aliphatic hydroxyl groups is 1. The molecule has 0 amide bonds. The van der Waals surface area contributed by atoms with Gasteiger partial charge in [-0.15, -0.1) is 0 Å². The van der Waals surface area contributed by atoms with Crippen molar-refractivity contribution in [2.45, 2.75) is 31.8 Å². The van der Waals surface area contributed by atoms with Crippen molar-refractivity contribution in [3.63, 3.8) is 0 Å². The molecule has 3 nitrogen and oxygen atoms in total. The first kappa shape index (κ1) is 9.99. The van der Waals surface area contributed by atoms with Gasteiger partial charge in [0.05, 0.1) is 6.61 Å². The van der Waals surface area contributed by atoms with E-state index in [-0.39, 0.29) is 5.92 Å². The van der Waals surface area contributed by atoms with Gasteiger partial charge in [-0.3, -0.25) is 0 Å². The molecule has 0 spiro atoms. The van der Waals surface area contributed by atoms with Gasteiger partial charge in [0.15, 0.2) is 0 Å². The van der Waals surface area contributed by atoms with E-state index in [2.05, 4.69) is 18.3 Å². The third kappa shape index (κ3) is 1.66. The molecule has 0 saturated carbocycles. The molecule has 2 unspecified atom stereocenters. The van der Waals surface area contributed by atoms with Crippen LogP contribution in [-0.4, -0.2) is 30.4 Å². The molecule has 0 aromatic carbocycles. The van der Waals surface area contributed by atoms with Gasteiger partial charge in [-0.25, -0.2) is 0 Å². The Kier molecular flexibility index (Phi) is 2.79. The van der Waals surface area contributed by atoms with Crippen LogP contribution in [0.1, 0.15) is 26.2 Å². The molecular weight excluding hydrogens is 178 g/mol. The lowest BCUT2D eigenvalue weighted by Crippen LogP contribution is -2.51. The van der Waals surface area contributed by atoms with Gasteiger partial charge in [-0.05, 0) is 31.9 Å². The van der Waals surface area contributed by atoms with Crippen LogP contribution >= 0.6 is 0 Å². The van der Waals surface area contributed by atoms with E-state index >= 15 is 0 Å². The van der Waals surface area contributed by atoms with Gasteiger partial charge in [0.25, 0.3) is 0 Å². The molecule has 2 aliphatic rings.